The van der Waals surface area contributed by atoms with Crippen LogP contribution in [0.15, 0.2) is 0 Å². The SMILES string of the molecule is CCOC(=O)c1nc(CC)n(CC(=O)NCCOC)c1N. The monoisotopic (exact) mass is 298 g/mol. The zero-order valence-electron chi connectivity index (χ0n) is 12.6. The number of carbonyl (C=O) groups excluding carboxylic acids is 2. The number of esters is 1. The predicted octanol–water partition coefficient (Wildman–Crippen LogP) is -0.0330. The number of amides is 1. The summed E-state index contributed by atoms with van der Waals surface area (Å²) in [6, 6.07) is 0. The van der Waals surface area contributed by atoms with E-state index in [0.29, 0.717) is 25.4 Å². The highest BCUT2D eigenvalue weighted by atomic mass is 16.5. The summed E-state index contributed by atoms with van der Waals surface area (Å²) in [6.07, 6.45) is 0.551. The summed E-state index contributed by atoms with van der Waals surface area (Å²) >= 11 is 0. The minimum Gasteiger partial charge on any atom is -0.461 e. The van der Waals surface area contributed by atoms with Gasteiger partial charge in [-0.15, -0.1) is 0 Å². The second-order valence-corrected chi connectivity index (χ2v) is 4.26. The smallest absolute Gasteiger partial charge is 0.360 e. The first-order valence-electron chi connectivity index (χ1n) is 6.82. The number of aryl methyl sites for hydroxylation is 1. The lowest BCUT2D eigenvalue weighted by molar-refractivity contribution is -0.121. The molecule has 1 aromatic heterocycles. The van der Waals surface area contributed by atoms with E-state index in [0.717, 1.165) is 0 Å². The number of methoxy groups -OCH3 is 1. The largest absolute Gasteiger partial charge is 0.461 e. The summed E-state index contributed by atoms with van der Waals surface area (Å²) < 4.78 is 11.3. The fraction of sp³-hybridized carbons (Fsp3) is 0.615. The van der Waals surface area contributed by atoms with Gasteiger partial charge in [0.15, 0.2) is 5.69 Å². The number of nitrogens with one attached hydrogen (secondary N) is 1. The van der Waals surface area contributed by atoms with Crippen molar-refractivity contribution in [3.63, 3.8) is 0 Å². The second kappa shape index (κ2) is 8.25. The van der Waals surface area contributed by atoms with Gasteiger partial charge in [-0.25, -0.2) is 9.78 Å². The van der Waals surface area contributed by atoms with Crippen LogP contribution in [-0.4, -0.2) is 48.3 Å². The first kappa shape index (κ1) is 17.0. The Kier molecular flexibility index (Phi) is 6.67. The molecule has 1 amide bonds. The van der Waals surface area contributed by atoms with Crippen LogP contribution >= 0.6 is 0 Å². The molecule has 0 saturated heterocycles. The van der Waals surface area contributed by atoms with Crippen LogP contribution in [-0.2, 0) is 27.2 Å². The summed E-state index contributed by atoms with van der Waals surface area (Å²) in [4.78, 5) is 27.7. The summed E-state index contributed by atoms with van der Waals surface area (Å²) in [5, 5.41) is 2.69. The maximum Gasteiger partial charge on any atom is 0.360 e. The van der Waals surface area contributed by atoms with Crippen molar-refractivity contribution in [2.75, 3.05) is 32.6 Å². The Morgan fingerprint density at radius 2 is 2.10 bits per heavy atom. The van der Waals surface area contributed by atoms with Crippen molar-refractivity contribution in [3.8, 4) is 0 Å². The van der Waals surface area contributed by atoms with Crippen LogP contribution in [0.1, 0.15) is 30.2 Å². The summed E-state index contributed by atoms with van der Waals surface area (Å²) in [7, 11) is 1.56. The molecule has 0 aliphatic rings. The van der Waals surface area contributed by atoms with Crippen LogP contribution in [0.5, 0.6) is 0 Å². The number of aromatic nitrogens is 2. The van der Waals surface area contributed by atoms with E-state index >= 15 is 0 Å². The number of anilines is 1. The number of carbonyl (C=O) groups is 2. The molecule has 0 bridgehead atoms. The first-order chi connectivity index (χ1) is 10.0. The maximum atomic E-state index is 11.8. The number of ether oxygens (including phenoxy) is 2. The molecule has 3 N–H and O–H groups in total. The Hall–Kier alpha value is -2.09. The number of nitrogens with zero attached hydrogens (tertiary/aromatic N) is 2. The number of hydrogen-bond acceptors (Lipinski definition) is 6. The fourth-order valence-electron chi connectivity index (χ4n) is 1.80. The van der Waals surface area contributed by atoms with Gasteiger partial charge in [-0.2, -0.15) is 0 Å². The molecule has 1 heterocycles. The van der Waals surface area contributed by atoms with Crippen molar-refractivity contribution >= 4 is 17.7 Å². The van der Waals surface area contributed by atoms with E-state index in [1.165, 1.54) is 4.57 Å². The van der Waals surface area contributed by atoms with Crippen LogP contribution in [0.4, 0.5) is 5.82 Å². The Balaban J connectivity index is 2.86. The third kappa shape index (κ3) is 4.45. The van der Waals surface area contributed by atoms with Crippen LogP contribution in [0.2, 0.25) is 0 Å². The minimum absolute atomic E-state index is 0.00509. The molecule has 8 nitrogen and oxygen atoms in total. The topological polar surface area (TPSA) is 108 Å². The average Bonchev–Trinajstić information content (AvgIpc) is 2.76. The number of nitrogens with two attached hydrogens (primary N) is 1. The summed E-state index contributed by atoms with van der Waals surface area (Å²) in [5.41, 5.74) is 5.96. The molecule has 0 radical (unpaired) electrons. The van der Waals surface area contributed by atoms with Gasteiger partial charge in [-0.1, -0.05) is 6.92 Å². The normalized spacial score (nSPS) is 10.4. The van der Waals surface area contributed by atoms with Crippen LogP contribution in [0, 0.1) is 0 Å². The van der Waals surface area contributed by atoms with E-state index in [1.54, 1.807) is 14.0 Å². The van der Waals surface area contributed by atoms with Gasteiger partial charge in [0.1, 0.15) is 18.2 Å². The van der Waals surface area contributed by atoms with E-state index in [2.05, 4.69) is 10.3 Å². The third-order valence-corrected chi connectivity index (χ3v) is 2.80. The van der Waals surface area contributed by atoms with Crippen molar-refractivity contribution in [1.82, 2.24) is 14.9 Å². The molecule has 0 aromatic carbocycles. The van der Waals surface area contributed by atoms with Crippen molar-refractivity contribution in [2.45, 2.75) is 26.8 Å². The molecule has 21 heavy (non-hydrogen) atoms. The van der Waals surface area contributed by atoms with E-state index in [4.69, 9.17) is 15.2 Å². The molecule has 0 unspecified atom stereocenters. The van der Waals surface area contributed by atoms with Gasteiger partial charge >= 0.3 is 5.97 Å². The lowest BCUT2D eigenvalue weighted by atomic mass is 10.4. The third-order valence-electron chi connectivity index (χ3n) is 2.80. The molecule has 0 spiro atoms. The summed E-state index contributed by atoms with van der Waals surface area (Å²) in [6.45, 7) is 4.66. The van der Waals surface area contributed by atoms with Crippen molar-refractivity contribution < 1.29 is 19.1 Å². The highest BCUT2D eigenvalue weighted by Gasteiger charge is 2.21. The van der Waals surface area contributed by atoms with Gasteiger partial charge in [-0.3, -0.25) is 4.79 Å². The zero-order valence-corrected chi connectivity index (χ0v) is 12.6. The quantitative estimate of drug-likeness (QED) is 0.515. The molecule has 1 rings (SSSR count). The number of nitrogen functional groups attached to an aromatic ring is 1. The predicted molar refractivity (Wildman–Crippen MR) is 76.9 cm³/mol. The van der Waals surface area contributed by atoms with Gasteiger partial charge in [0, 0.05) is 20.1 Å². The zero-order chi connectivity index (χ0) is 15.8. The van der Waals surface area contributed by atoms with E-state index in [-0.39, 0.29) is 30.6 Å². The van der Waals surface area contributed by atoms with Crippen LogP contribution in [0.3, 0.4) is 0 Å². The molecular formula is C13H22N4O4. The van der Waals surface area contributed by atoms with Gasteiger partial charge in [-0.05, 0) is 6.92 Å². The van der Waals surface area contributed by atoms with E-state index in [9.17, 15) is 9.59 Å². The highest BCUT2D eigenvalue weighted by Crippen LogP contribution is 2.16. The maximum absolute atomic E-state index is 11.8. The lowest BCUT2D eigenvalue weighted by Crippen LogP contribution is -2.31. The van der Waals surface area contributed by atoms with Crippen molar-refractivity contribution in [2.24, 2.45) is 0 Å². The van der Waals surface area contributed by atoms with Gasteiger partial charge in [0.2, 0.25) is 5.91 Å². The van der Waals surface area contributed by atoms with Crippen LogP contribution < -0.4 is 11.1 Å². The van der Waals surface area contributed by atoms with Gasteiger partial charge in [0.25, 0.3) is 0 Å². The molecule has 118 valence electrons. The minimum atomic E-state index is -0.580. The Bertz CT molecular complexity index is 499. The lowest BCUT2D eigenvalue weighted by Gasteiger charge is -2.09. The molecule has 0 saturated carbocycles. The highest BCUT2D eigenvalue weighted by molar-refractivity contribution is 5.92. The first-order valence-corrected chi connectivity index (χ1v) is 6.82. The molecule has 0 fully saturated rings. The number of rotatable bonds is 8. The molecule has 8 heteroatoms. The molecule has 0 aliphatic carbocycles. The van der Waals surface area contributed by atoms with E-state index in [1.807, 2.05) is 6.92 Å². The molecule has 1 aromatic rings. The summed E-state index contributed by atoms with van der Waals surface area (Å²) in [5.74, 6) is -0.0888. The van der Waals surface area contributed by atoms with Crippen molar-refractivity contribution in [3.05, 3.63) is 11.5 Å². The Labute approximate surface area is 123 Å². The fourth-order valence-corrected chi connectivity index (χ4v) is 1.80. The molecule has 0 aliphatic heterocycles. The van der Waals surface area contributed by atoms with Gasteiger partial charge in [0.05, 0.1) is 13.2 Å². The Morgan fingerprint density at radius 1 is 1.38 bits per heavy atom. The van der Waals surface area contributed by atoms with Crippen molar-refractivity contribution in [1.29, 1.82) is 0 Å². The Morgan fingerprint density at radius 3 is 2.67 bits per heavy atom. The second-order valence-electron chi connectivity index (χ2n) is 4.26. The average molecular weight is 298 g/mol. The van der Waals surface area contributed by atoms with Crippen LogP contribution in [0.25, 0.3) is 0 Å². The van der Waals surface area contributed by atoms with E-state index < -0.39 is 5.97 Å². The standard InChI is InChI=1S/C13H22N4O4/c1-4-9-16-11(13(19)21-5-2)12(14)17(9)8-10(18)15-6-7-20-3/h4-8,14H2,1-3H3,(H,15,18). The molecule has 0 atom stereocenters. The number of hydrogen-bond donors (Lipinski definition) is 2. The number of imidazole rings is 1. The molecular weight excluding hydrogens is 276 g/mol. The van der Waals surface area contributed by atoms with Gasteiger partial charge < -0.3 is 25.1 Å².